The maximum Gasteiger partial charge on any atom is 0.296 e. The average molecular weight is 506 g/mol. The van der Waals surface area contributed by atoms with Gasteiger partial charge in [0.15, 0.2) is 5.69 Å². The molecule has 192 valence electrons. The number of anilines is 1. The molecule has 0 N–H and O–H groups in total. The number of fused-ring (bicyclic) bond motifs is 3. The van der Waals surface area contributed by atoms with E-state index in [0.717, 1.165) is 23.0 Å². The number of nitrogens with zero attached hydrogens (tertiary/aromatic N) is 5. The summed E-state index contributed by atoms with van der Waals surface area (Å²) in [6, 6.07) is 24.1. The molecule has 7 heteroatoms. The molecule has 7 nitrogen and oxygen atoms in total. The smallest absolute Gasteiger partial charge is 0.296 e. The lowest BCUT2D eigenvalue weighted by Crippen LogP contribution is -2.54. The largest absolute Gasteiger partial charge is 0.365 e. The van der Waals surface area contributed by atoms with Gasteiger partial charge in [0, 0.05) is 54.7 Å². The summed E-state index contributed by atoms with van der Waals surface area (Å²) < 4.78 is 3.26. The van der Waals surface area contributed by atoms with E-state index in [1.807, 2.05) is 72.0 Å². The van der Waals surface area contributed by atoms with Crippen LogP contribution in [0.3, 0.4) is 0 Å². The molecule has 0 spiro atoms. The molecule has 5 aromatic rings. The maximum atomic E-state index is 14.2. The Morgan fingerprint density at radius 3 is 2.39 bits per heavy atom. The molecule has 0 bridgehead atoms. The molecule has 0 aliphatic carbocycles. The summed E-state index contributed by atoms with van der Waals surface area (Å²) in [5.41, 5.74) is 5.57. The van der Waals surface area contributed by atoms with E-state index in [4.69, 9.17) is 5.10 Å². The second-order valence-electron chi connectivity index (χ2n) is 10.3. The number of piperazine rings is 1. The van der Waals surface area contributed by atoms with E-state index < -0.39 is 0 Å². The van der Waals surface area contributed by atoms with Crippen LogP contribution >= 0.6 is 0 Å². The van der Waals surface area contributed by atoms with Gasteiger partial charge in [-0.2, -0.15) is 9.78 Å². The molecule has 1 amide bonds. The minimum absolute atomic E-state index is 0.139. The second kappa shape index (κ2) is 9.17. The third-order valence-corrected chi connectivity index (χ3v) is 7.67. The van der Waals surface area contributed by atoms with Crippen molar-refractivity contribution in [3.8, 4) is 5.69 Å². The van der Waals surface area contributed by atoms with Crippen molar-refractivity contribution in [3.63, 3.8) is 0 Å². The molecular weight excluding hydrogens is 474 g/mol. The number of aryl methyl sites for hydroxylation is 3. The molecule has 3 aromatic carbocycles. The first-order valence-electron chi connectivity index (χ1n) is 13.0. The monoisotopic (exact) mass is 505 g/mol. The van der Waals surface area contributed by atoms with Gasteiger partial charge < -0.3 is 14.4 Å². The number of hydrogen-bond donors (Lipinski definition) is 0. The van der Waals surface area contributed by atoms with Crippen molar-refractivity contribution in [3.05, 3.63) is 100.0 Å². The molecule has 0 radical (unpaired) electrons. The van der Waals surface area contributed by atoms with E-state index in [2.05, 4.69) is 43.0 Å². The predicted octanol–water partition coefficient (Wildman–Crippen LogP) is 4.85. The first-order chi connectivity index (χ1) is 18.3. The summed E-state index contributed by atoms with van der Waals surface area (Å²) in [6.07, 6.45) is 0. The van der Waals surface area contributed by atoms with Gasteiger partial charge in [0.25, 0.3) is 11.5 Å². The molecule has 3 heterocycles. The van der Waals surface area contributed by atoms with Crippen molar-refractivity contribution < 1.29 is 4.79 Å². The van der Waals surface area contributed by atoms with Crippen LogP contribution in [0.5, 0.6) is 0 Å². The van der Waals surface area contributed by atoms with Gasteiger partial charge in [-0.05, 0) is 56.7 Å². The summed E-state index contributed by atoms with van der Waals surface area (Å²) in [6.45, 7) is 8.12. The Morgan fingerprint density at radius 1 is 0.895 bits per heavy atom. The Hall–Kier alpha value is -4.39. The average Bonchev–Trinajstić information content (AvgIpc) is 3.22. The number of rotatable bonds is 3. The lowest BCUT2D eigenvalue weighted by Gasteiger charge is -2.41. The van der Waals surface area contributed by atoms with E-state index in [-0.39, 0.29) is 17.5 Å². The van der Waals surface area contributed by atoms with E-state index in [1.54, 1.807) is 0 Å². The molecule has 38 heavy (non-hydrogen) atoms. The Labute approximate surface area is 221 Å². The normalized spacial score (nSPS) is 15.9. The first-order valence-corrected chi connectivity index (χ1v) is 13.0. The highest BCUT2D eigenvalue weighted by Gasteiger charge is 2.31. The molecule has 1 fully saturated rings. The number of carbonyl (C=O) groups is 1. The van der Waals surface area contributed by atoms with Crippen molar-refractivity contribution in [1.82, 2.24) is 19.2 Å². The van der Waals surface area contributed by atoms with Crippen LogP contribution in [-0.4, -0.2) is 50.8 Å². The number of aromatic nitrogens is 3. The second-order valence-corrected chi connectivity index (χ2v) is 10.3. The van der Waals surface area contributed by atoms with Crippen LogP contribution in [0.4, 0.5) is 5.69 Å². The van der Waals surface area contributed by atoms with Gasteiger partial charge in [-0.1, -0.05) is 48.0 Å². The van der Waals surface area contributed by atoms with Crippen LogP contribution in [0.1, 0.15) is 28.5 Å². The number of para-hydroxylation sites is 1. The van der Waals surface area contributed by atoms with Gasteiger partial charge >= 0.3 is 0 Å². The number of hydrogen-bond acceptors (Lipinski definition) is 4. The van der Waals surface area contributed by atoms with Gasteiger partial charge in [0.1, 0.15) is 5.52 Å². The van der Waals surface area contributed by atoms with Gasteiger partial charge in [-0.15, -0.1) is 0 Å². The molecule has 0 saturated carbocycles. The molecule has 6 rings (SSSR count). The highest BCUT2D eigenvalue weighted by atomic mass is 16.2. The van der Waals surface area contributed by atoms with Gasteiger partial charge in [-0.25, -0.2) is 0 Å². The zero-order valence-electron chi connectivity index (χ0n) is 22.2. The fourth-order valence-electron chi connectivity index (χ4n) is 5.67. The number of amides is 1. The Morgan fingerprint density at radius 2 is 1.66 bits per heavy atom. The topological polar surface area (TPSA) is 63.4 Å². The lowest BCUT2D eigenvalue weighted by atomic mass is 10.1. The minimum atomic E-state index is -0.239. The Balaban J connectivity index is 1.47. The zero-order chi connectivity index (χ0) is 26.6. The van der Waals surface area contributed by atoms with Crippen LogP contribution in [0.25, 0.3) is 27.5 Å². The number of carbonyl (C=O) groups excluding carboxylic acids is 1. The Kier molecular flexibility index (Phi) is 5.79. The van der Waals surface area contributed by atoms with Crippen LogP contribution in [0.15, 0.2) is 77.6 Å². The minimum Gasteiger partial charge on any atom is -0.365 e. The number of benzene rings is 3. The van der Waals surface area contributed by atoms with Gasteiger partial charge in [0.2, 0.25) is 0 Å². The standard InChI is InChI=1S/C31H31N5O2/c1-20-12-14-23(15-13-20)36-31(38)29-27(25-10-5-6-11-26(25)33(29)4)28(32-36)30(37)34-16-17-35(22(3)19-34)24-9-7-8-21(2)18-24/h5-15,18,22H,16-17,19H2,1-4H3/t22-/m0/s1. The summed E-state index contributed by atoms with van der Waals surface area (Å²) in [4.78, 5) is 32.2. The summed E-state index contributed by atoms with van der Waals surface area (Å²) in [5.74, 6) is -0.150. The van der Waals surface area contributed by atoms with E-state index in [1.165, 1.54) is 15.9 Å². The molecular formula is C31H31N5O2. The van der Waals surface area contributed by atoms with Crippen LogP contribution in [0.2, 0.25) is 0 Å². The maximum absolute atomic E-state index is 14.2. The van der Waals surface area contributed by atoms with Crippen molar-refractivity contribution in [2.75, 3.05) is 24.5 Å². The van der Waals surface area contributed by atoms with Gasteiger partial charge in [0.05, 0.1) is 5.69 Å². The molecule has 1 aliphatic rings. The molecule has 1 saturated heterocycles. The van der Waals surface area contributed by atoms with Gasteiger partial charge in [-0.3, -0.25) is 9.59 Å². The molecule has 1 aliphatic heterocycles. The Bertz CT molecular complexity index is 1750. The first kappa shape index (κ1) is 24.0. The highest BCUT2D eigenvalue weighted by Crippen LogP contribution is 2.30. The fraction of sp³-hybridized carbons (Fsp3) is 0.258. The summed E-state index contributed by atoms with van der Waals surface area (Å²) in [7, 11) is 1.88. The third kappa shape index (κ3) is 3.86. The fourth-order valence-corrected chi connectivity index (χ4v) is 5.67. The van der Waals surface area contributed by atoms with Crippen molar-refractivity contribution in [2.24, 2.45) is 7.05 Å². The summed E-state index contributed by atoms with van der Waals surface area (Å²) in [5, 5.41) is 6.22. The molecule has 0 unspecified atom stereocenters. The van der Waals surface area contributed by atoms with E-state index in [9.17, 15) is 9.59 Å². The SMILES string of the molecule is Cc1ccc(-n2nc(C(=O)N3CCN(c4cccc(C)c4)[C@@H](C)C3)c3c4ccccc4n(C)c3c2=O)cc1. The van der Waals surface area contributed by atoms with Crippen LogP contribution in [-0.2, 0) is 7.05 Å². The van der Waals surface area contributed by atoms with Crippen LogP contribution in [0, 0.1) is 13.8 Å². The van der Waals surface area contributed by atoms with Crippen molar-refractivity contribution in [1.29, 1.82) is 0 Å². The zero-order valence-corrected chi connectivity index (χ0v) is 22.2. The van der Waals surface area contributed by atoms with Crippen molar-refractivity contribution >= 4 is 33.4 Å². The lowest BCUT2D eigenvalue weighted by molar-refractivity contribution is 0.0721. The molecule has 1 atom stereocenters. The quantitative estimate of drug-likeness (QED) is 0.352. The van der Waals surface area contributed by atoms with E-state index >= 15 is 0 Å². The van der Waals surface area contributed by atoms with E-state index in [0.29, 0.717) is 35.4 Å². The third-order valence-electron chi connectivity index (χ3n) is 7.67. The van der Waals surface area contributed by atoms with Crippen molar-refractivity contribution in [2.45, 2.75) is 26.8 Å². The highest BCUT2D eigenvalue weighted by molar-refractivity contribution is 6.16. The molecule has 2 aromatic heterocycles. The van der Waals surface area contributed by atoms with Crippen LogP contribution < -0.4 is 10.5 Å². The predicted molar refractivity (Wildman–Crippen MR) is 152 cm³/mol. The summed E-state index contributed by atoms with van der Waals surface area (Å²) >= 11 is 0.